The van der Waals surface area contributed by atoms with Crippen LogP contribution in [0, 0.1) is 0 Å². The van der Waals surface area contributed by atoms with Gasteiger partial charge in [-0.2, -0.15) is 0 Å². The average molecular weight is 719 g/mol. The van der Waals surface area contributed by atoms with Crippen molar-refractivity contribution < 1.29 is 19.1 Å². The second-order valence-electron chi connectivity index (χ2n) is 10.9. The standard InChI is InChI=1S/C39H31ClN4O4S2/c1-2-48-30-19-22-32-34(24-30)50-39(43-32)44-38(47)35(26-9-5-3-6-10-26)49-31-20-17-29(18-21-31)41-37(46)33(23-25-13-15-28(40)16-14-25)42-36(45)27-11-7-4-8-12-27/h3-24,35H,2H2,1H3,(H,41,46)(H,42,45)(H,43,44,47)/b33-23-. The highest BCUT2D eigenvalue weighted by Gasteiger charge is 2.24. The first-order chi connectivity index (χ1) is 24.3. The molecule has 0 fully saturated rings. The predicted molar refractivity (Wildman–Crippen MR) is 203 cm³/mol. The van der Waals surface area contributed by atoms with Gasteiger partial charge in [0.1, 0.15) is 16.7 Å². The molecule has 0 aliphatic rings. The van der Waals surface area contributed by atoms with Gasteiger partial charge in [-0.15, -0.1) is 11.8 Å². The molecule has 0 aliphatic heterocycles. The smallest absolute Gasteiger partial charge is 0.272 e. The summed E-state index contributed by atoms with van der Waals surface area (Å²) in [6.07, 6.45) is 1.59. The Labute approximate surface area is 302 Å². The van der Waals surface area contributed by atoms with E-state index >= 15 is 0 Å². The molecule has 50 heavy (non-hydrogen) atoms. The molecule has 0 aliphatic carbocycles. The van der Waals surface area contributed by atoms with Crippen molar-refractivity contribution in [1.29, 1.82) is 0 Å². The SMILES string of the molecule is CCOc1ccc2nc(NC(=O)C(Sc3ccc(NC(=O)/C(=C/c4ccc(Cl)cc4)NC(=O)c4ccccc4)cc3)c3ccccc3)sc2c1. The number of fused-ring (bicyclic) bond motifs is 1. The van der Waals surface area contributed by atoms with Crippen molar-refractivity contribution in [1.82, 2.24) is 10.3 Å². The molecule has 3 N–H and O–H groups in total. The lowest BCUT2D eigenvalue weighted by molar-refractivity contribution is -0.116. The van der Waals surface area contributed by atoms with E-state index in [1.165, 1.54) is 23.1 Å². The maximum absolute atomic E-state index is 13.7. The molecular formula is C39H31ClN4O4S2. The number of hydrogen-bond acceptors (Lipinski definition) is 7. The number of benzene rings is 5. The number of amides is 3. The van der Waals surface area contributed by atoms with Crippen LogP contribution in [-0.2, 0) is 9.59 Å². The highest BCUT2D eigenvalue weighted by atomic mass is 35.5. The van der Waals surface area contributed by atoms with Gasteiger partial charge in [-0.05, 0) is 90.9 Å². The molecule has 3 amide bonds. The van der Waals surface area contributed by atoms with Gasteiger partial charge in [0.2, 0.25) is 5.91 Å². The fourth-order valence-electron chi connectivity index (χ4n) is 4.91. The second kappa shape index (κ2) is 16.3. The van der Waals surface area contributed by atoms with E-state index in [1.54, 1.807) is 66.7 Å². The van der Waals surface area contributed by atoms with Gasteiger partial charge in [0, 0.05) is 21.2 Å². The number of thioether (sulfide) groups is 1. The van der Waals surface area contributed by atoms with E-state index in [1.807, 2.05) is 73.7 Å². The molecule has 5 aromatic carbocycles. The van der Waals surface area contributed by atoms with Gasteiger partial charge in [-0.3, -0.25) is 14.4 Å². The minimum atomic E-state index is -0.579. The van der Waals surface area contributed by atoms with Gasteiger partial charge in [0.05, 0.1) is 16.8 Å². The summed E-state index contributed by atoms with van der Waals surface area (Å²) in [4.78, 5) is 45.6. The number of hydrogen-bond donors (Lipinski definition) is 3. The first-order valence-corrected chi connectivity index (χ1v) is 17.7. The highest BCUT2D eigenvalue weighted by molar-refractivity contribution is 8.00. The molecule has 11 heteroatoms. The Hall–Kier alpha value is -5.42. The number of rotatable bonds is 12. The van der Waals surface area contributed by atoms with Crippen LogP contribution in [0.2, 0.25) is 5.02 Å². The van der Waals surface area contributed by atoms with Crippen molar-refractivity contribution in [3.8, 4) is 5.75 Å². The fourth-order valence-corrected chi connectivity index (χ4v) is 6.95. The maximum atomic E-state index is 13.7. The summed E-state index contributed by atoms with van der Waals surface area (Å²) in [7, 11) is 0. The summed E-state index contributed by atoms with van der Waals surface area (Å²) in [5.41, 5.74) is 3.28. The number of carbonyl (C=O) groups is 3. The predicted octanol–water partition coefficient (Wildman–Crippen LogP) is 9.23. The Kier molecular flexibility index (Phi) is 11.2. The Morgan fingerprint density at radius 1 is 0.860 bits per heavy atom. The first kappa shape index (κ1) is 34.4. The lowest BCUT2D eigenvalue weighted by Crippen LogP contribution is -2.30. The van der Waals surface area contributed by atoms with Crippen molar-refractivity contribution in [2.75, 3.05) is 17.2 Å². The number of thiazole rings is 1. The minimum absolute atomic E-state index is 0.0596. The zero-order valence-electron chi connectivity index (χ0n) is 26.8. The van der Waals surface area contributed by atoms with Crippen LogP contribution in [0.4, 0.5) is 10.8 Å². The molecule has 1 atom stereocenters. The van der Waals surface area contributed by atoms with Crippen LogP contribution in [0.25, 0.3) is 16.3 Å². The molecular weight excluding hydrogens is 688 g/mol. The Bertz CT molecular complexity index is 2140. The Morgan fingerprint density at radius 3 is 2.26 bits per heavy atom. The average Bonchev–Trinajstić information content (AvgIpc) is 3.54. The lowest BCUT2D eigenvalue weighted by atomic mass is 10.1. The molecule has 1 heterocycles. The quantitative estimate of drug-likeness (QED) is 0.0860. The molecule has 1 aromatic heterocycles. The number of nitrogens with zero attached hydrogens (tertiary/aromatic N) is 1. The highest BCUT2D eigenvalue weighted by Crippen LogP contribution is 2.38. The third-order valence-electron chi connectivity index (χ3n) is 7.32. The van der Waals surface area contributed by atoms with Gasteiger partial charge < -0.3 is 20.7 Å². The zero-order chi connectivity index (χ0) is 34.9. The fraction of sp³-hybridized carbons (Fsp3) is 0.0769. The van der Waals surface area contributed by atoms with E-state index in [0.29, 0.717) is 33.6 Å². The summed E-state index contributed by atoms with van der Waals surface area (Å²) in [6.45, 7) is 2.49. The van der Waals surface area contributed by atoms with Gasteiger partial charge in [-0.25, -0.2) is 4.98 Å². The summed E-state index contributed by atoms with van der Waals surface area (Å²) >= 11 is 8.81. The second-order valence-corrected chi connectivity index (χ2v) is 13.5. The van der Waals surface area contributed by atoms with Crippen molar-refractivity contribution in [2.45, 2.75) is 17.1 Å². The summed E-state index contributed by atoms with van der Waals surface area (Å²) in [5, 5.41) is 9.09. The van der Waals surface area contributed by atoms with Gasteiger partial charge in [-0.1, -0.05) is 83.6 Å². The molecule has 1 unspecified atom stereocenters. The molecule has 6 rings (SSSR count). The normalized spacial score (nSPS) is 11.8. The number of nitrogens with one attached hydrogen (secondary N) is 3. The molecule has 0 bridgehead atoms. The van der Waals surface area contributed by atoms with Crippen LogP contribution in [0.5, 0.6) is 5.75 Å². The lowest BCUT2D eigenvalue weighted by Gasteiger charge is -2.16. The number of ether oxygens (including phenoxy) is 1. The molecule has 250 valence electrons. The van der Waals surface area contributed by atoms with Crippen LogP contribution < -0.4 is 20.7 Å². The van der Waals surface area contributed by atoms with Crippen molar-refractivity contribution in [2.24, 2.45) is 0 Å². The molecule has 0 saturated carbocycles. The Morgan fingerprint density at radius 2 is 1.56 bits per heavy atom. The maximum Gasteiger partial charge on any atom is 0.272 e. The number of anilines is 2. The van der Waals surface area contributed by atoms with E-state index < -0.39 is 17.1 Å². The zero-order valence-corrected chi connectivity index (χ0v) is 29.1. The van der Waals surface area contributed by atoms with Crippen LogP contribution in [0.15, 0.2) is 138 Å². The molecule has 0 spiro atoms. The third kappa shape index (κ3) is 8.97. The Balaban J connectivity index is 1.17. The molecule has 8 nitrogen and oxygen atoms in total. The van der Waals surface area contributed by atoms with Crippen LogP contribution in [0.3, 0.4) is 0 Å². The van der Waals surface area contributed by atoms with Crippen LogP contribution >= 0.6 is 34.7 Å². The van der Waals surface area contributed by atoms with Gasteiger partial charge in [0.25, 0.3) is 11.8 Å². The summed E-state index contributed by atoms with van der Waals surface area (Å²) in [6, 6.07) is 37.9. The minimum Gasteiger partial charge on any atom is -0.494 e. The van der Waals surface area contributed by atoms with E-state index in [4.69, 9.17) is 16.3 Å². The number of carbonyl (C=O) groups excluding carboxylic acids is 3. The third-order valence-corrected chi connectivity index (χ3v) is 9.77. The van der Waals surface area contributed by atoms with Gasteiger partial charge >= 0.3 is 0 Å². The molecule has 6 aromatic rings. The van der Waals surface area contributed by atoms with Gasteiger partial charge in [0.15, 0.2) is 5.13 Å². The number of halogens is 1. The van der Waals surface area contributed by atoms with Crippen molar-refractivity contribution in [3.63, 3.8) is 0 Å². The van der Waals surface area contributed by atoms with Crippen molar-refractivity contribution in [3.05, 3.63) is 155 Å². The van der Waals surface area contributed by atoms with E-state index in [2.05, 4.69) is 20.9 Å². The largest absolute Gasteiger partial charge is 0.494 e. The van der Waals surface area contributed by atoms with Crippen molar-refractivity contribution >= 4 is 79.5 Å². The topological polar surface area (TPSA) is 109 Å². The van der Waals surface area contributed by atoms with E-state index in [-0.39, 0.29) is 11.6 Å². The summed E-state index contributed by atoms with van der Waals surface area (Å²) in [5.74, 6) is -0.382. The number of aromatic nitrogens is 1. The molecule has 0 saturated heterocycles. The van der Waals surface area contributed by atoms with E-state index in [9.17, 15) is 14.4 Å². The van der Waals surface area contributed by atoms with E-state index in [0.717, 1.165) is 26.4 Å². The monoisotopic (exact) mass is 718 g/mol. The summed E-state index contributed by atoms with van der Waals surface area (Å²) < 4.78 is 6.52. The van der Waals surface area contributed by atoms with Crippen LogP contribution in [0.1, 0.15) is 33.7 Å². The molecule has 0 radical (unpaired) electrons. The first-order valence-electron chi connectivity index (χ1n) is 15.7. The van der Waals surface area contributed by atoms with Crippen LogP contribution in [-0.4, -0.2) is 29.3 Å².